The predicted molar refractivity (Wildman–Crippen MR) is 173 cm³/mol. The maximum Gasteiger partial charge on any atom is 0.221 e. The van der Waals surface area contributed by atoms with E-state index in [1.165, 1.54) is 57.2 Å². The first kappa shape index (κ1) is 31.1. The minimum Gasteiger partial charge on any atom is -0.490 e. The van der Waals surface area contributed by atoms with Crippen molar-refractivity contribution in [2.45, 2.75) is 68.5 Å². The average Bonchev–Trinajstić information content (AvgIpc) is 3.22. The minimum absolute atomic E-state index is 0.0976. The maximum absolute atomic E-state index is 11.4. The Morgan fingerprint density at radius 1 is 1.09 bits per heavy atom. The molecule has 1 saturated heterocycles. The van der Waals surface area contributed by atoms with E-state index in [0.717, 1.165) is 67.4 Å². The summed E-state index contributed by atoms with van der Waals surface area (Å²) in [4.78, 5) is 29.7. The molecular weight excluding hydrogens is 562 g/mol. The summed E-state index contributed by atoms with van der Waals surface area (Å²) in [5, 5.41) is 14.1. The van der Waals surface area contributed by atoms with E-state index in [1.807, 2.05) is 37.3 Å². The van der Waals surface area contributed by atoms with Gasteiger partial charge in [0.1, 0.15) is 0 Å². The van der Waals surface area contributed by atoms with Gasteiger partial charge in [-0.05, 0) is 62.8 Å². The third-order valence-corrected chi connectivity index (χ3v) is 9.13. The number of carbonyl (C=O) groups is 1. The fourth-order valence-corrected chi connectivity index (χ4v) is 6.59. The molecule has 232 valence electrons. The molecule has 0 radical (unpaired) electrons. The number of piperazine rings is 1. The molecule has 0 bridgehead atoms. The second kappa shape index (κ2) is 14.9. The summed E-state index contributed by atoms with van der Waals surface area (Å²) in [6.45, 7) is 9.32. The van der Waals surface area contributed by atoms with Gasteiger partial charge in [-0.25, -0.2) is 9.97 Å². The number of hydrogen-bond donors (Lipinski definition) is 3. The molecule has 1 aliphatic carbocycles. The van der Waals surface area contributed by atoms with Gasteiger partial charge in [0.05, 0.1) is 7.11 Å². The van der Waals surface area contributed by atoms with Crippen LogP contribution in [0.5, 0.6) is 5.75 Å². The smallest absolute Gasteiger partial charge is 0.221 e. The number of aromatic amines is 1. The third kappa shape index (κ3) is 8.61. The Hall–Kier alpha value is -3.35. The summed E-state index contributed by atoms with van der Waals surface area (Å²) < 4.78 is 5.91. The van der Waals surface area contributed by atoms with Crippen LogP contribution in [0.4, 0.5) is 23.1 Å². The topological polar surface area (TPSA) is 115 Å². The van der Waals surface area contributed by atoms with Crippen molar-refractivity contribution in [1.29, 1.82) is 0 Å². The predicted octanol–water partition coefficient (Wildman–Crippen LogP) is 5.15. The number of methoxy groups -OCH3 is 1. The first-order valence-electron chi connectivity index (χ1n) is 15.4. The molecule has 3 heterocycles. The Morgan fingerprint density at radius 2 is 1.81 bits per heavy atom. The summed E-state index contributed by atoms with van der Waals surface area (Å²) in [6.07, 6.45) is 8.20. The number of hydrogen-bond acceptors (Lipinski definition) is 10. The molecule has 43 heavy (non-hydrogen) atoms. The third-order valence-electron chi connectivity index (χ3n) is 8.26. The van der Waals surface area contributed by atoms with Crippen molar-refractivity contribution < 1.29 is 9.53 Å². The molecule has 2 aliphatic rings. The van der Waals surface area contributed by atoms with Crippen LogP contribution in [-0.4, -0.2) is 95.3 Å². The van der Waals surface area contributed by atoms with Gasteiger partial charge in [-0.15, -0.1) is 0 Å². The lowest BCUT2D eigenvalue weighted by Crippen LogP contribution is -2.49. The molecule has 0 unspecified atom stereocenters. The van der Waals surface area contributed by atoms with Gasteiger partial charge in [0.25, 0.3) is 0 Å². The fraction of sp³-hybridized carbons (Fsp3) is 0.548. The molecule has 1 amide bonds. The van der Waals surface area contributed by atoms with E-state index in [1.54, 1.807) is 7.11 Å². The molecule has 1 aromatic carbocycles. The summed E-state index contributed by atoms with van der Waals surface area (Å²) in [7, 11) is 3.97. The Kier molecular flexibility index (Phi) is 10.8. The van der Waals surface area contributed by atoms with E-state index in [2.05, 4.69) is 42.6 Å². The van der Waals surface area contributed by atoms with Crippen LogP contribution < -0.4 is 20.3 Å². The molecule has 2 fully saturated rings. The van der Waals surface area contributed by atoms with Gasteiger partial charge >= 0.3 is 0 Å². The molecule has 3 N–H and O–H groups in total. The highest BCUT2D eigenvalue weighted by Crippen LogP contribution is 2.38. The quantitative estimate of drug-likeness (QED) is 0.200. The number of likely N-dealkylation sites (N-methyl/N-ethyl adjacent to an activating group) is 1. The van der Waals surface area contributed by atoms with Gasteiger partial charge in [0, 0.05) is 74.6 Å². The van der Waals surface area contributed by atoms with Crippen LogP contribution in [0.2, 0.25) is 0 Å². The molecule has 5 rings (SSSR count). The van der Waals surface area contributed by atoms with Crippen molar-refractivity contribution in [3.05, 3.63) is 36.0 Å². The van der Waals surface area contributed by atoms with E-state index in [0.29, 0.717) is 22.5 Å². The highest BCUT2D eigenvalue weighted by atomic mass is 32.2. The Balaban J connectivity index is 1.29. The lowest BCUT2D eigenvalue weighted by Gasteiger charge is -2.37. The number of aromatic nitrogens is 4. The second-order valence-corrected chi connectivity index (χ2v) is 12.6. The molecule has 2 aromatic heterocycles. The summed E-state index contributed by atoms with van der Waals surface area (Å²) in [5.74, 6) is 2.52. The zero-order chi connectivity index (χ0) is 30.2. The normalized spacial score (nSPS) is 16.7. The number of nitrogens with one attached hydrogen (secondary N) is 3. The number of rotatable bonds is 11. The summed E-state index contributed by atoms with van der Waals surface area (Å²) in [5.41, 5.74) is 1.70. The standard InChI is InChI=1S/C31H45N9O2S/c1-22-21-27(37-36-22)33-29-28(42-4)30(35-31(34-29)43-26-13-11-24(12-14-26)32-23(2)41)40-19-17-39(18-20-40)16-15-38(3)25-9-7-5-6-8-10-25/h11-14,21,25H,5-10,15-20H2,1-4H3,(H,32,41)(H2,33,34,35,36,37). The van der Waals surface area contributed by atoms with Gasteiger partial charge in [0.15, 0.2) is 22.6 Å². The van der Waals surface area contributed by atoms with Crippen molar-refractivity contribution in [3.63, 3.8) is 0 Å². The highest BCUT2D eigenvalue weighted by molar-refractivity contribution is 7.99. The molecule has 1 aliphatic heterocycles. The van der Waals surface area contributed by atoms with Crippen molar-refractivity contribution in [2.75, 3.05) is 69.0 Å². The van der Waals surface area contributed by atoms with Gasteiger partial charge < -0.3 is 25.2 Å². The van der Waals surface area contributed by atoms with Crippen molar-refractivity contribution in [1.82, 2.24) is 30.0 Å². The largest absolute Gasteiger partial charge is 0.490 e. The zero-order valence-electron chi connectivity index (χ0n) is 25.9. The molecule has 1 saturated carbocycles. The van der Waals surface area contributed by atoms with Crippen LogP contribution in [-0.2, 0) is 4.79 Å². The van der Waals surface area contributed by atoms with Crippen molar-refractivity contribution in [3.8, 4) is 5.75 Å². The second-order valence-electron chi connectivity index (χ2n) is 11.5. The SMILES string of the molecule is COc1c(Nc2cc(C)[nH]n2)nc(Sc2ccc(NC(C)=O)cc2)nc1N1CCN(CCN(C)C2CCCCCC2)CC1. The molecular formula is C31H45N9O2S. The fourth-order valence-electron chi connectivity index (χ4n) is 5.83. The van der Waals surface area contributed by atoms with Crippen molar-refractivity contribution in [2.24, 2.45) is 0 Å². The van der Waals surface area contributed by atoms with Gasteiger partial charge in [-0.3, -0.25) is 14.8 Å². The molecule has 11 nitrogen and oxygen atoms in total. The Morgan fingerprint density at radius 3 is 2.44 bits per heavy atom. The molecule has 3 aromatic rings. The van der Waals surface area contributed by atoms with Gasteiger partial charge in [-0.1, -0.05) is 25.7 Å². The van der Waals surface area contributed by atoms with E-state index in [-0.39, 0.29) is 5.91 Å². The van der Waals surface area contributed by atoms with Crippen LogP contribution in [0.3, 0.4) is 0 Å². The number of H-pyrrole nitrogens is 1. The summed E-state index contributed by atoms with van der Waals surface area (Å²) >= 11 is 1.47. The lowest BCUT2D eigenvalue weighted by atomic mass is 10.1. The highest BCUT2D eigenvalue weighted by Gasteiger charge is 2.26. The van der Waals surface area contributed by atoms with Crippen LogP contribution in [0.25, 0.3) is 0 Å². The first-order valence-corrected chi connectivity index (χ1v) is 16.2. The number of ether oxygens (including phenoxy) is 1. The van der Waals surface area contributed by atoms with Crippen LogP contribution in [0.15, 0.2) is 40.4 Å². The summed E-state index contributed by atoms with van der Waals surface area (Å²) in [6, 6.07) is 10.3. The van der Waals surface area contributed by atoms with E-state index >= 15 is 0 Å². The number of carbonyl (C=O) groups excluding carboxylic acids is 1. The molecule has 0 spiro atoms. The molecule has 12 heteroatoms. The number of benzene rings is 1. The minimum atomic E-state index is -0.0976. The Labute approximate surface area is 259 Å². The average molecular weight is 608 g/mol. The van der Waals surface area contributed by atoms with E-state index in [4.69, 9.17) is 14.7 Å². The first-order chi connectivity index (χ1) is 20.9. The van der Waals surface area contributed by atoms with Crippen LogP contribution in [0, 0.1) is 6.92 Å². The number of aryl methyl sites for hydroxylation is 1. The van der Waals surface area contributed by atoms with Crippen LogP contribution in [0.1, 0.15) is 51.1 Å². The number of anilines is 4. The van der Waals surface area contributed by atoms with E-state index in [9.17, 15) is 4.79 Å². The zero-order valence-corrected chi connectivity index (χ0v) is 26.7. The van der Waals surface area contributed by atoms with Crippen molar-refractivity contribution >= 4 is 40.8 Å². The van der Waals surface area contributed by atoms with Gasteiger partial charge in [0.2, 0.25) is 11.7 Å². The lowest BCUT2D eigenvalue weighted by molar-refractivity contribution is -0.114. The monoisotopic (exact) mass is 607 g/mol. The molecule has 0 atom stereocenters. The van der Waals surface area contributed by atoms with E-state index < -0.39 is 0 Å². The number of nitrogens with zero attached hydrogens (tertiary/aromatic N) is 6. The maximum atomic E-state index is 11.4. The van der Waals surface area contributed by atoms with Crippen LogP contribution >= 0.6 is 11.8 Å². The van der Waals surface area contributed by atoms with Gasteiger partial charge in [-0.2, -0.15) is 5.10 Å². The number of amides is 1. The Bertz CT molecular complexity index is 1330.